The number of aliphatic hydroxyl groups is 1. The van der Waals surface area contributed by atoms with E-state index in [2.05, 4.69) is 15.9 Å². The lowest BCUT2D eigenvalue weighted by atomic mass is 9.92. The molecule has 1 aromatic heterocycles. The molecule has 1 aromatic carbocycles. The first-order valence-electron chi connectivity index (χ1n) is 5.65. The second-order valence-corrected chi connectivity index (χ2v) is 6.52. The first kappa shape index (κ1) is 13.7. The molecule has 0 radical (unpaired) electrons. The van der Waals surface area contributed by atoms with Gasteiger partial charge in [0, 0.05) is 22.2 Å². The smallest absolute Gasteiger partial charge is 0.123 e. The minimum Gasteiger partial charge on any atom is -0.389 e. The second kappa shape index (κ2) is 5.51. The molecule has 1 N–H and O–H groups in total. The van der Waals surface area contributed by atoms with Crippen LogP contribution in [0.5, 0.6) is 0 Å². The first-order chi connectivity index (χ1) is 8.46. The average molecular weight is 329 g/mol. The summed E-state index contributed by atoms with van der Waals surface area (Å²) in [6.07, 6.45) is 1.10. The topological polar surface area (TPSA) is 20.2 Å². The van der Waals surface area contributed by atoms with Gasteiger partial charge in [-0.2, -0.15) is 0 Å². The van der Waals surface area contributed by atoms with Crippen molar-refractivity contribution >= 4 is 27.3 Å². The Morgan fingerprint density at radius 3 is 2.44 bits per heavy atom. The van der Waals surface area contributed by atoms with E-state index in [1.165, 1.54) is 12.1 Å². The van der Waals surface area contributed by atoms with E-state index in [0.717, 1.165) is 14.9 Å². The Labute approximate surface area is 118 Å². The Morgan fingerprint density at radius 2 is 1.89 bits per heavy atom. The van der Waals surface area contributed by atoms with Crippen molar-refractivity contribution in [3.8, 4) is 0 Å². The molecule has 1 heterocycles. The van der Waals surface area contributed by atoms with Crippen molar-refractivity contribution in [2.75, 3.05) is 0 Å². The third kappa shape index (κ3) is 3.64. The molecule has 0 fully saturated rings. The number of hydrogen-bond acceptors (Lipinski definition) is 2. The van der Waals surface area contributed by atoms with Crippen LogP contribution in [0.2, 0.25) is 0 Å². The van der Waals surface area contributed by atoms with Crippen molar-refractivity contribution in [2.24, 2.45) is 0 Å². The predicted molar refractivity (Wildman–Crippen MR) is 76.5 cm³/mol. The van der Waals surface area contributed by atoms with Gasteiger partial charge in [-0.15, -0.1) is 11.3 Å². The number of thiophene rings is 1. The number of hydrogen-bond donors (Lipinski definition) is 1. The Morgan fingerprint density at radius 1 is 1.22 bits per heavy atom. The van der Waals surface area contributed by atoms with E-state index in [-0.39, 0.29) is 5.82 Å². The molecule has 2 aromatic rings. The molecule has 0 saturated carbocycles. The molecule has 1 nitrogen and oxygen atoms in total. The van der Waals surface area contributed by atoms with Gasteiger partial charge in [0.2, 0.25) is 0 Å². The van der Waals surface area contributed by atoms with Crippen molar-refractivity contribution in [1.82, 2.24) is 0 Å². The van der Waals surface area contributed by atoms with Gasteiger partial charge < -0.3 is 5.11 Å². The third-order valence-corrected chi connectivity index (χ3v) is 4.66. The molecule has 18 heavy (non-hydrogen) atoms. The SMILES string of the molecule is CC(O)(Cc1ccc(F)cc1)Cc1sccc1Br. The van der Waals surface area contributed by atoms with Crippen LogP contribution in [-0.2, 0) is 12.8 Å². The summed E-state index contributed by atoms with van der Waals surface area (Å²) in [6.45, 7) is 1.81. The van der Waals surface area contributed by atoms with Crippen molar-refractivity contribution in [3.63, 3.8) is 0 Å². The van der Waals surface area contributed by atoms with Gasteiger partial charge in [-0.25, -0.2) is 4.39 Å². The average Bonchev–Trinajstić information content (AvgIpc) is 2.67. The van der Waals surface area contributed by atoms with Crippen molar-refractivity contribution in [2.45, 2.75) is 25.4 Å². The molecule has 0 bridgehead atoms. The van der Waals surface area contributed by atoms with Gasteiger partial charge in [0.25, 0.3) is 0 Å². The van der Waals surface area contributed by atoms with Crippen molar-refractivity contribution in [3.05, 3.63) is 56.4 Å². The van der Waals surface area contributed by atoms with Crippen LogP contribution in [0.25, 0.3) is 0 Å². The molecule has 0 aliphatic heterocycles. The van der Waals surface area contributed by atoms with Crippen LogP contribution in [0.15, 0.2) is 40.2 Å². The maximum Gasteiger partial charge on any atom is 0.123 e. The van der Waals surface area contributed by atoms with Gasteiger partial charge in [0.05, 0.1) is 5.60 Å². The fraction of sp³-hybridized carbons (Fsp3) is 0.286. The van der Waals surface area contributed by atoms with Gasteiger partial charge in [-0.05, 0) is 52.0 Å². The van der Waals surface area contributed by atoms with Gasteiger partial charge in [-0.3, -0.25) is 0 Å². The van der Waals surface area contributed by atoms with E-state index in [1.807, 2.05) is 18.4 Å². The van der Waals surface area contributed by atoms with Crippen LogP contribution >= 0.6 is 27.3 Å². The number of rotatable bonds is 4. The van der Waals surface area contributed by atoms with Crippen LogP contribution in [0.3, 0.4) is 0 Å². The summed E-state index contributed by atoms with van der Waals surface area (Å²) in [5.74, 6) is -0.251. The molecule has 0 aliphatic rings. The summed E-state index contributed by atoms with van der Waals surface area (Å²) in [4.78, 5) is 1.13. The van der Waals surface area contributed by atoms with Gasteiger partial charge in [0.1, 0.15) is 5.82 Å². The van der Waals surface area contributed by atoms with Crippen LogP contribution < -0.4 is 0 Å². The maximum atomic E-state index is 12.8. The zero-order valence-corrected chi connectivity index (χ0v) is 12.4. The zero-order valence-electron chi connectivity index (χ0n) is 9.99. The summed E-state index contributed by atoms with van der Waals surface area (Å²) in [7, 11) is 0. The minimum absolute atomic E-state index is 0.251. The van der Waals surface area contributed by atoms with E-state index in [9.17, 15) is 9.50 Å². The number of benzene rings is 1. The highest BCUT2D eigenvalue weighted by atomic mass is 79.9. The summed E-state index contributed by atoms with van der Waals surface area (Å²) in [6, 6.07) is 8.26. The lowest BCUT2D eigenvalue weighted by molar-refractivity contribution is 0.0615. The first-order valence-corrected chi connectivity index (χ1v) is 7.32. The van der Waals surface area contributed by atoms with E-state index in [0.29, 0.717) is 12.8 Å². The zero-order chi connectivity index (χ0) is 13.2. The lowest BCUT2D eigenvalue weighted by Gasteiger charge is -2.23. The third-order valence-electron chi connectivity index (χ3n) is 2.73. The molecule has 2 rings (SSSR count). The maximum absolute atomic E-state index is 12.8. The summed E-state index contributed by atoms with van der Waals surface area (Å²) in [5.41, 5.74) is 0.111. The van der Waals surface area contributed by atoms with Gasteiger partial charge in [0.15, 0.2) is 0 Å². The standard InChI is InChI=1S/C14H14BrFOS/c1-14(17,9-13-12(15)6-7-18-13)8-10-2-4-11(16)5-3-10/h2-7,17H,8-9H2,1H3. The molecular formula is C14H14BrFOS. The molecule has 1 atom stereocenters. The van der Waals surface area contributed by atoms with Crippen LogP contribution in [0.4, 0.5) is 4.39 Å². The second-order valence-electron chi connectivity index (χ2n) is 4.67. The fourth-order valence-corrected chi connectivity index (χ4v) is 3.57. The Kier molecular flexibility index (Phi) is 4.20. The molecule has 0 spiro atoms. The quantitative estimate of drug-likeness (QED) is 0.892. The Hall–Kier alpha value is -0.710. The van der Waals surface area contributed by atoms with Crippen LogP contribution in [-0.4, -0.2) is 10.7 Å². The fourth-order valence-electron chi connectivity index (χ4n) is 1.90. The molecule has 0 saturated heterocycles. The van der Waals surface area contributed by atoms with Gasteiger partial charge >= 0.3 is 0 Å². The molecule has 0 aliphatic carbocycles. The largest absolute Gasteiger partial charge is 0.389 e. The molecule has 4 heteroatoms. The van der Waals surface area contributed by atoms with E-state index in [4.69, 9.17) is 0 Å². The summed E-state index contributed by atoms with van der Waals surface area (Å²) in [5, 5.41) is 12.4. The lowest BCUT2D eigenvalue weighted by Crippen LogP contribution is -2.29. The van der Waals surface area contributed by atoms with E-state index < -0.39 is 5.60 Å². The normalized spacial score (nSPS) is 14.4. The molecule has 0 amide bonds. The highest BCUT2D eigenvalue weighted by Crippen LogP contribution is 2.28. The van der Waals surface area contributed by atoms with Crippen molar-refractivity contribution in [1.29, 1.82) is 0 Å². The van der Waals surface area contributed by atoms with Crippen LogP contribution in [0.1, 0.15) is 17.4 Å². The predicted octanol–water partition coefficient (Wildman–Crippen LogP) is 4.19. The number of halogens is 2. The summed E-state index contributed by atoms with van der Waals surface area (Å²) < 4.78 is 13.8. The highest BCUT2D eigenvalue weighted by Gasteiger charge is 2.23. The van der Waals surface area contributed by atoms with Crippen LogP contribution in [0, 0.1) is 5.82 Å². The molecule has 96 valence electrons. The Balaban J connectivity index is 2.07. The van der Waals surface area contributed by atoms with E-state index in [1.54, 1.807) is 23.5 Å². The Bertz CT molecular complexity index is 519. The molecule has 1 unspecified atom stereocenters. The monoisotopic (exact) mass is 328 g/mol. The van der Waals surface area contributed by atoms with E-state index >= 15 is 0 Å². The summed E-state index contributed by atoms with van der Waals surface area (Å²) >= 11 is 5.09. The highest BCUT2D eigenvalue weighted by molar-refractivity contribution is 9.10. The molecular weight excluding hydrogens is 315 g/mol. The van der Waals surface area contributed by atoms with Gasteiger partial charge in [-0.1, -0.05) is 12.1 Å². The minimum atomic E-state index is -0.828. The van der Waals surface area contributed by atoms with Crippen molar-refractivity contribution < 1.29 is 9.50 Å².